The SMILES string of the molecule is CCNC(=NCCc1ccc(Cl)cc1)NCCc1ccc(NC(C)=O)cc1.I. The lowest BCUT2D eigenvalue weighted by atomic mass is 10.1. The summed E-state index contributed by atoms with van der Waals surface area (Å²) in [7, 11) is 0. The van der Waals surface area contributed by atoms with Crippen molar-refractivity contribution in [2.45, 2.75) is 26.7 Å². The van der Waals surface area contributed by atoms with Gasteiger partial charge in [-0.25, -0.2) is 0 Å². The van der Waals surface area contributed by atoms with E-state index in [1.165, 1.54) is 18.1 Å². The highest BCUT2D eigenvalue weighted by molar-refractivity contribution is 14.0. The van der Waals surface area contributed by atoms with Gasteiger partial charge in [-0.15, -0.1) is 24.0 Å². The highest BCUT2D eigenvalue weighted by Gasteiger charge is 2.00. The minimum absolute atomic E-state index is 0. The van der Waals surface area contributed by atoms with Crippen molar-refractivity contribution >= 4 is 53.1 Å². The smallest absolute Gasteiger partial charge is 0.221 e. The summed E-state index contributed by atoms with van der Waals surface area (Å²) in [6.07, 6.45) is 1.75. The van der Waals surface area contributed by atoms with Crippen molar-refractivity contribution < 1.29 is 4.79 Å². The molecule has 0 atom stereocenters. The third kappa shape index (κ3) is 9.41. The summed E-state index contributed by atoms with van der Waals surface area (Å²) in [6.45, 7) is 5.87. The predicted octanol–water partition coefficient (Wildman–Crippen LogP) is 4.26. The van der Waals surface area contributed by atoms with Crippen LogP contribution in [0.5, 0.6) is 0 Å². The molecule has 2 aromatic rings. The van der Waals surface area contributed by atoms with Crippen molar-refractivity contribution in [3.8, 4) is 0 Å². The molecule has 2 rings (SSSR count). The number of rotatable bonds is 8. The van der Waals surface area contributed by atoms with E-state index in [0.717, 1.165) is 42.6 Å². The van der Waals surface area contributed by atoms with Gasteiger partial charge in [-0.05, 0) is 55.2 Å². The van der Waals surface area contributed by atoms with Crippen LogP contribution in [-0.4, -0.2) is 31.5 Å². The number of hydrogen-bond donors (Lipinski definition) is 3. The molecular weight excluding hydrogens is 487 g/mol. The Kier molecular flexibility index (Phi) is 11.6. The number of amides is 1. The number of carbonyl (C=O) groups is 1. The minimum atomic E-state index is -0.0606. The molecule has 0 unspecified atom stereocenters. The molecular formula is C21H28ClIN4O. The van der Waals surface area contributed by atoms with Crippen LogP contribution in [0.2, 0.25) is 5.02 Å². The lowest BCUT2D eigenvalue weighted by molar-refractivity contribution is -0.114. The second kappa shape index (κ2) is 13.4. The predicted molar refractivity (Wildman–Crippen MR) is 129 cm³/mol. The number of nitrogens with zero attached hydrogens (tertiary/aromatic N) is 1. The van der Waals surface area contributed by atoms with E-state index in [2.05, 4.69) is 27.9 Å². The average molecular weight is 515 g/mol. The Hall–Kier alpha value is -1.80. The van der Waals surface area contributed by atoms with E-state index in [1.807, 2.05) is 48.5 Å². The molecule has 3 N–H and O–H groups in total. The van der Waals surface area contributed by atoms with Crippen LogP contribution >= 0.6 is 35.6 Å². The summed E-state index contributed by atoms with van der Waals surface area (Å²) in [5.74, 6) is 0.760. The lowest BCUT2D eigenvalue weighted by Crippen LogP contribution is -2.38. The van der Waals surface area contributed by atoms with Crippen LogP contribution in [-0.2, 0) is 17.6 Å². The Balaban J connectivity index is 0.00000392. The van der Waals surface area contributed by atoms with Crippen molar-refractivity contribution in [1.82, 2.24) is 10.6 Å². The zero-order chi connectivity index (χ0) is 19.5. The summed E-state index contributed by atoms with van der Waals surface area (Å²) < 4.78 is 0. The fraction of sp³-hybridized carbons (Fsp3) is 0.333. The molecule has 28 heavy (non-hydrogen) atoms. The monoisotopic (exact) mass is 514 g/mol. The van der Waals surface area contributed by atoms with Gasteiger partial charge in [-0.1, -0.05) is 35.9 Å². The lowest BCUT2D eigenvalue weighted by Gasteiger charge is -2.11. The van der Waals surface area contributed by atoms with Gasteiger partial charge in [0.05, 0.1) is 0 Å². The Morgan fingerprint density at radius 3 is 2.18 bits per heavy atom. The third-order valence-corrected chi connectivity index (χ3v) is 4.16. The Bertz CT molecular complexity index is 748. The van der Waals surface area contributed by atoms with E-state index in [0.29, 0.717) is 6.54 Å². The summed E-state index contributed by atoms with van der Waals surface area (Å²) in [5, 5.41) is 10.1. The molecule has 0 aliphatic rings. The molecule has 2 aromatic carbocycles. The summed E-state index contributed by atoms with van der Waals surface area (Å²) in [4.78, 5) is 15.7. The first kappa shape index (κ1) is 24.2. The fourth-order valence-corrected chi connectivity index (χ4v) is 2.70. The van der Waals surface area contributed by atoms with E-state index in [4.69, 9.17) is 11.6 Å². The van der Waals surface area contributed by atoms with Crippen LogP contribution in [0.3, 0.4) is 0 Å². The van der Waals surface area contributed by atoms with E-state index in [1.54, 1.807) is 0 Å². The van der Waals surface area contributed by atoms with Gasteiger partial charge in [0.25, 0.3) is 0 Å². The first-order valence-corrected chi connectivity index (χ1v) is 9.57. The van der Waals surface area contributed by atoms with Gasteiger partial charge >= 0.3 is 0 Å². The standard InChI is InChI=1S/C21H27ClN4O.HI/c1-3-23-21(24-14-12-17-4-8-19(22)9-5-17)25-15-13-18-6-10-20(11-7-18)26-16(2)27;/h4-11H,3,12-15H2,1-2H3,(H,26,27)(H2,23,24,25);1H. The van der Waals surface area contributed by atoms with Crippen molar-refractivity contribution in [2.24, 2.45) is 4.99 Å². The molecule has 7 heteroatoms. The molecule has 152 valence electrons. The summed E-state index contributed by atoms with van der Waals surface area (Å²) in [6, 6.07) is 15.8. The van der Waals surface area contributed by atoms with Crippen molar-refractivity contribution in [1.29, 1.82) is 0 Å². The van der Waals surface area contributed by atoms with Gasteiger partial charge < -0.3 is 16.0 Å². The maximum Gasteiger partial charge on any atom is 0.221 e. The van der Waals surface area contributed by atoms with Gasteiger partial charge in [-0.2, -0.15) is 0 Å². The van der Waals surface area contributed by atoms with Gasteiger partial charge in [-0.3, -0.25) is 9.79 Å². The first-order valence-electron chi connectivity index (χ1n) is 9.20. The molecule has 1 amide bonds. The zero-order valence-electron chi connectivity index (χ0n) is 16.3. The van der Waals surface area contributed by atoms with Crippen LogP contribution < -0.4 is 16.0 Å². The third-order valence-electron chi connectivity index (χ3n) is 3.91. The highest BCUT2D eigenvalue weighted by atomic mass is 127. The van der Waals surface area contributed by atoms with Gasteiger partial charge in [0.15, 0.2) is 5.96 Å². The van der Waals surface area contributed by atoms with Crippen LogP contribution in [0.1, 0.15) is 25.0 Å². The van der Waals surface area contributed by atoms with Crippen LogP contribution in [0, 0.1) is 0 Å². The molecule has 0 aromatic heterocycles. The van der Waals surface area contributed by atoms with E-state index in [-0.39, 0.29) is 29.9 Å². The second-order valence-corrected chi connectivity index (χ2v) is 6.63. The number of hydrogen-bond acceptors (Lipinski definition) is 2. The second-order valence-electron chi connectivity index (χ2n) is 6.19. The topological polar surface area (TPSA) is 65.5 Å². The molecule has 0 spiro atoms. The summed E-state index contributed by atoms with van der Waals surface area (Å²) >= 11 is 5.91. The number of anilines is 1. The van der Waals surface area contributed by atoms with E-state index >= 15 is 0 Å². The number of carbonyl (C=O) groups excluding carboxylic acids is 1. The van der Waals surface area contributed by atoms with Crippen LogP contribution in [0.15, 0.2) is 53.5 Å². The fourth-order valence-electron chi connectivity index (χ4n) is 2.57. The molecule has 0 aliphatic heterocycles. The number of benzene rings is 2. The Morgan fingerprint density at radius 2 is 1.57 bits per heavy atom. The van der Waals surface area contributed by atoms with Crippen LogP contribution in [0.25, 0.3) is 0 Å². The number of aliphatic imine (C=N–C) groups is 1. The number of nitrogens with one attached hydrogen (secondary N) is 3. The number of halogens is 2. The molecule has 0 heterocycles. The number of guanidine groups is 1. The molecule has 5 nitrogen and oxygen atoms in total. The van der Waals surface area contributed by atoms with Gasteiger partial charge in [0, 0.05) is 37.3 Å². The maximum absolute atomic E-state index is 11.1. The maximum atomic E-state index is 11.1. The zero-order valence-corrected chi connectivity index (χ0v) is 19.4. The average Bonchev–Trinajstić information content (AvgIpc) is 2.64. The molecule has 0 saturated carbocycles. The molecule has 0 fully saturated rings. The van der Waals surface area contributed by atoms with Crippen molar-refractivity contribution in [3.05, 3.63) is 64.7 Å². The van der Waals surface area contributed by atoms with Crippen molar-refractivity contribution in [3.63, 3.8) is 0 Å². The van der Waals surface area contributed by atoms with E-state index in [9.17, 15) is 4.79 Å². The highest BCUT2D eigenvalue weighted by Crippen LogP contribution is 2.10. The Labute approximate surface area is 189 Å². The molecule has 0 aliphatic carbocycles. The summed E-state index contributed by atoms with van der Waals surface area (Å²) in [5.41, 5.74) is 3.24. The van der Waals surface area contributed by atoms with Crippen LogP contribution in [0.4, 0.5) is 5.69 Å². The molecule has 0 saturated heterocycles. The first-order chi connectivity index (χ1) is 13.1. The normalized spacial score (nSPS) is 10.8. The quantitative estimate of drug-likeness (QED) is 0.280. The molecule has 0 bridgehead atoms. The molecule has 0 radical (unpaired) electrons. The van der Waals surface area contributed by atoms with Crippen molar-refractivity contribution in [2.75, 3.05) is 25.0 Å². The minimum Gasteiger partial charge on any atom is -0.357 e. The Morgan fingerprint density at radius 1 is 0.964 bits per heavy atom. The van der Waals surface area contributed by atoms with Gasteiger partial charge in [0.1, 0.15) is 0 Å². The van der Waals surface area contributed by atoms with E-state index < -0.39 is 0 Å². The van der Waals surface area contributed by atoms with Gasteiger partial charge in [0.2, 0.25) is 5.91 Å². The largest absolute Gasteiger partial charge is 0.357 e.